The van der Waals surface area contributed by atoms with Crippen molar-refractivity contribution in [1.82, 2.24) is 20.1 Å². The number of amides is 1. The van der Waals surface area contributed by atoms with Crippen molar-refractivity contribution in [2.45, 2.75) is 43.8 Å². The highest BCUT2D eigenvalue weighted by Crippen LogP contribution is 2.33. The Morgan fingerprint density at radius 3 is 2.81 bits per heavy atom. The zero-order chi connectivity index (χ0) is 18.8. The summed E-state index contributed by atoms with van der Waals surface area (Å²) in [5, 5.41) is 13.3. The van der Waals surface area contributed by atoms with Crippen LogP contribution in [0.2, 0.25) is 5.02 Å². The van der Waals surface area contributed by atoms with Gasteiger partial charge in [-0.2, -0.15) is 0 Å². The molecule has 6 nitrogen and oxygen atoms in total. The van der Waals surface area contributed by atoms with E-state index in [0.717, 1.165) is 37.6 Å². The summed E-state index contributed by atoms with van der Waals surface area (Å²) in [6.45, 7) is 4.03. The molecule has 0 spiro atoms. The van der Waals surface area contributed by atoms with Gasteiger partial charge in [0.15, 0.2) is 5.16 Å². The third kappa shape index (κ3) is 4.41. The minimum absolute atomic E-state index is 0.0442. The van der Waals surface area contributed by atoms with Crippen molar-refractivity contribution in [2.24, 2.45) is 5.92 Å². The Morgan fingerprint density at radius 1 is 1.33 bits per heavy atom. The molecule has 2 heterocycles. The van der Waals surface area contributed by atoms with Crippen LogP contribution < -0.4 is 10.2 Å². The Morgan fingerprint density at radius 2 is 2.11 bits per heavy atom. The van der Waals surface area contributed by atoms with Gasteiger partial charge in [0.2, 0.25) is 11.9 Å². The molecule has 2 fully saturated rings. The molecule has 2 aromatic rings. The van der Waals surface area contributed by atoms with E-state index in [-0.39, 0.29) is 11.9 Å². The van der Waals surface area contributed by atoms with Gasteiger partial charge in [0.1, 0.15) is 0 Å². The minimum Gasteiger partial charge on any atom is -0.353 e. The number of benzene rings is 1. The molecule has 1 aromatic carbocycles. The second kappa shape index (κ2) is 8.10. The summed E-state index contributed by atoms with van der Waals surface area (Å²) in [4.78, 5) is 14.5. The van der Waals surface area contributed by atoms with E-state index >= 15 is 0 Å². The average Bonchev–Trinajstić information content (AvgIpc) is 3.20. The van der Waals surface area contributed by atoms with Crippen LogP contribution in [0.3, 0.4) is 0 Å². The van der Waals surface area contributed by atoms with Gasteiger partial charge in [-0.15, -0.1) is 10.2 Å². The fourth-order valence-electron chi connectivity index (χ4n) is 3.46. The van der Waals surface area contributed by atoms with Gasteiger partial charge < -0.3 is 10.2 Å². The Labute approximate surface area is 168 Å². The summed E-state index contributed by atoms with van der Waals surface area (Å²) in [5.41, 5.74) is 0.920. The second-order valence-corrected chi connectivity index (χ2v) is 8.65. The number of hydrogen-bond donors (Lipinski definition) is 1. The van der Waals surface area contributed by atoms with Crippen LogP contribution in [0.4, 0.5) is 5.95 Å². The molecule has 4 rings (SSSR count). The highest BCUT2D eigenvalue weighted by Gasteiger charge is 2.29. The first-order valence-electron chi connectivity index (χ1n) is 9.50. The van der Waals surface area contributed by atoms with Crippen LogP contribution in [-0.2, 0) is 4.79 Å². The first kappa shape index (κ1) is 18.6. The number of carbonyl (C=O) groups is 1. The topological polar surface area (TPSA) is 63.1 Å². The fourth-order valence-corrected chi connectivity index (χ4v) is 4.40. The molecular formula is C19H24ClN5OS. The standard InChI is InChI=1S/C19H24ClN5OS/c1-13(14-7-8-14)21-17(26)12-27-19-23-22-18(24-9-2-3-10-24)25(19)16-6-4-5-15(20)11-16/h4-6,11,13-14H,2-3,7-10,12H2,1H3,(H,21,26)/t13-/m0/s1. The van der Waals surface area contributed by atoms with E-state index in [1.54, 1.807) is 0 Å². The predicted molar refractivity (Wildman–Crippen MR) is 109 cm³/mol. The van der Waals surface area contributed by atoms with Crippen molar-refractivity contribution in [3.05, 3.63) is 29.3 Å². The van der Waals surface area contributed by atoms with E-state index in [2.05, 4.69) is 27.3 Å². The minimum atomic E-state index is 0.0442. The number of nitrogens with one attached hydrogen (secondary N) is 1. The van der Waals surface area contributed by atoms with Gasteiger partial charge in [-0.3, -0.25) is 9.36 Å². The number of hydrogen-bond acceptors (Lipinski definition) is 5. The molecule has 0 bridgehead atoms. The molecule has 144 valence electrons. The number of anilines is 1. The molecule has 27 heavy (non-hydrogen) atoms. The van der Waals surface area contributed by atoms with Crippen LogP contribution in [0.15, 0.2) is 29.4 Å². The van der Waals surface area contributed by atoms with Crippen LogP contribution in [-0.4, -0.2) is 45.6 Å². The summed E-state index contributed by atoms with van der Waals surface area (Å²) in [7, 11) is 0. The van der Waals surface area contributed by atoms with Crippen molar-refractivity contribution in [2.75, 3.05) is 23.7 Å². The largest absolute Gasteiger partial charge is 0.353 e. The average molecular weight is 406 g/mol. The lowest BCUT2D eigenvalue weighted by atomic mass is 10.2. The second-order valence-electron chi connectivity index (χ2n) is 7.27. The predicted octanol–water partition coefficient (Wildman–Crippen LogP) is 3.53. The number of carbonyl (C=O) groups excluding carboxylic acids is 1. The molecule has 1 saturated carbocycles. The van der Waals surface area contributed by atoms with Crippen LogP contribution >= 0.6 is 23.4 Å². The lowest BCUT2D eigenvalue weighted by Gasteiger charge is -2.18. The van der Waals surface area contributed by atoms with Gasteiger partial charge in [0.05, 0.1) is 11.4 Å². The first-order chi connectivity index (χ1) is 13.1. The van der Waals surface area contributed by atoms with Gasteiger partial charge in [-0.05, 0) is 56.7 Å². The SMILES string of the molecule is C[C@H](NC(=O)CSc1nnc(N2CCCC2)n1-c1cccc(Cl)c1)C1CC1. The Balaban J connectivity index is 1.53. The van der Waals surface area contributed by atoms with E-state index in [1.165, 1.54) is 24.6 Å². The molecule has 1 saturated heterocycles. The van der Waals surface area contributed by atoms with Crippen LogP contribution in [0.25, 0.3) is 5.69 Å². The maximum Gasteiger partial charge on any atom is 0.232 e. The lowest BCUT2D eigenvalue weighted by molar-refractivity contribution is -0.119. The Hall–Kier alpha value is -1.73. The number of rotatable bonds is 7. The highest BCUT2D eigenvalue weighted by atomic mass is 35.5. The lowest BCUT2D eigenvalue weighted by Crippen LogP contribution is -2.35. The maximum absolute atomic E-state index is 12.3. The van der Waals surface area contributed by atoms with Gasteiger partial charge >= 0.3 is 0 Å². The molecule has 8 heteroatoms. The van der Waals surface area contributed by atoms with Gasteiger partial charge in [0, 0.05) is 24.2 Å². The monoisotopic (exact) mass is 405 g/mol. The third-order valence-electron chi connectivity index (χ3n) is 5.12. The zero-order valence-electron chi connectivity index (χ0n) is 15.4. The van der Waals surface area contributed by atoms with E-state index in [9.17, 15) is 4.79 Å². The molecule has 1 aliphatic heterocycles. The summed E-state index contributed by atoms with van der Waals surface area (Å²) >= 11 is 7.62. The molecule has 1 aliphatic carbocycles. The van der Waals surface area contributed by atoms with Gasteiger partial charge in [-0.25, -0.2) is 0 Å². The van der Waals surface area contributed by atoms with Crippen LogP contribution in [0, 0.1) is 5.92 Å². The van der Waals surface area contributed by atoms with Gasteiger partial charge in [0.25, 0.3) is 0 Å². The van der Waals surface area contributed by atoms with E-state index in [0.29, 0.717) is 21.8 Å². The summed E-state index contributed by atoms with van der Waals surface area (Å²) in [5.74, 6) is 1.85. The molecule has 1 N–H and O–H groups in total. The highest BCUT2D eigenvalue weighted by molar-refractivity contribution is 7.99. The summed E-state index contributed by atoms with van der Waals surface area (Å²) < 4.78 is 2.01. The number of halogens is 1. The van der Waals surface area contributed by atoms with E-state index in [4.69, 9.17) is 11.6 Å². The summed E-state index contributed by atoms with van der Waals surface area (Å²) in [6, 6.07) is 7.93. The van der Waals surface area contributed by atoms with Crippen molar-refractivity contribution in [3.63, 3.8) is 0 Å². The van der Waals surface area contributed by atoms with E-state index in [1.807, 2.05) is 28.8 Å². The zero-order valence-corrected chi connectivity index (χ0v) is 17.0. The molecule has 0 unspecified atom stereocenters. The molecule has 1 aromatic heterocycles. The Kier molecular flexibility index (Phi) is 5.59. The third-order valence-corrected chi connectivity index (χ3v) is 6.29. The number of aromatic nitrogens is 3. The molecule has 1 atom stereocenters. The Bertz CT molecular complexity index is 816. The molecule has 1 amide bonds. The van der Waals surface area contributed by atoms with Crippen molar-refractivity contribution in [3.8, 4) is 5.69 Å². The van der Waals surface area contributed by atoms with Gasteiger partial charge in [-0.1, -0.05) is 29.4 Å². The smallest absolute Gasteiger partial charge is 0.232 e. The van der Waals surface area contributed by atoms with E-state index < -0.39 is 0 Å². The fraction of sp³-hybridized carbons (Fsp3) is 0.526. The molecule has 2 aliphatic rings. The van der Waals surface area contributed by atoms with Crippen LogP contribution in [0.5, 0.6) is 0 Å². The van der Waals surface area contributed by atoms with Crippen molar-refractivity contribution >= 4 is 35.2 Å². The van der Waals surface area contributed by atoms with Crippen LogP contribution in [0.1, 0.15) is 32.6 Å². The van der Waals surface area contributed by atoms with Crippen molar-refractivity contribution < 1.29 is 4.79 Å². The normalized spacial score (nSPS) is 17.9. The quantitative estimate of drug-likeness (QED) is 0.714. The number of nitrogens with zero attached hydrogens (tertiary/aromatic N) is 4. The van der Waals surface area contributed by atoms with Crippen molar-refractivity contribution in [1.29, 1.82) is 0 Å². The summed E-state index contributed by atoms with van der Waals surface area (Å²) in [6.07, 6.45) is 4.76. The first-order valence-corrected chi connectivity index (χ1v) is 10.9. The molecule has 0 radical (unpaired) electrons. The molecular weight excluding hydrogens is 382 g/mol. The number of thioether (sulfide) groups is 1. The maximum atomic E-state index is 12.3.